The molecule has 1 aliphatic carbocycles. The molecule has 1 amide bonds. The van der Waals surface area contributed by atoms with Gasteiger partial charge < -0.3 is 15.0 Å². The van der Waals surface area contributed by atoms with E-state index in [1.807, 2.05) is 12.1 Å². The van der Waals surface area contributed by atoms with Crippen LogP contribution in [-0.2, 0) is 0 Å². The molecule has 1 aromatic carbocycles. The van der Waals surface area contributed by atoms with E-state index in [4.69, 9.17) is 9.72 Å². The number of carbonyl (C=O) groups excluding carboxylic acids is 1. The number of methoxy groups -OCH3 is 1. The average molecular weight is 476 g/mol. The number of nitrogens with zero attached hydrogens (tertiary/aromatic N) is 4. The maximum absolute atomic E-state index is 13.7. The summed E-state index contributed by atoms with van der Waals surface area (Å²) in [5.41, 5.74) is 3.61. The van der Waals surface area contributed by atoms with Crippen LogP contribution in [0, 0.1) is 5.82 Å². The number of anilines is 1. The first-order valence-corrected chi connectivity index (χ1v) is 12.1. The molecule has 3 aromatic rings. The van der Waals surface area contributed by atoms with Crippen LogP contribution in [0.3, 0.4) is 0 Å². The SMILES string of the molecule is CNC(=O)c1ccc(N2CCN(C3C=C(c4cc5ccc(F)cc5c(OC)n4)CCC3)CC2)cn1. The van der Waals surface area contributed by atoms with E-state index in [1.165, 1.54) is 17.7 Å². The van der Waals surface area contributed by atoms with Crippen molar-refractivity contribution in [1.29, 1.82) is 0 Å². The summed E-state index contributed by atoms with van der Waals surface area (Å²) >= 11 is 0. The number of hydrogen-bond acceptors (Lipinski definition) is 6. The summed E-state index contributed by atoms with van der Waals surface area (Å²) in [5, 5.41) is 4.23. The number of hydrogen-bond donors (Lipinski definition) is 1. The predicted octanol–water partition coefficient (Wildman–Crippen LogP) is 3.90. The third-order valence-electron chi connectivity index (χ3n) is 6.98. The van der Waals surface area contributed by atoms with Crippen LogP contribution < -0.4 is 15.0 Å². The van der Waals surface area contributed by atoms with Gasteiger partial charge in [-0.05, 0) is 60.6 Å². The molecule has 1 fully saturated rings. The number of allylic oxidation sites excluding steroid dienone is 1. The molecule has 8 heteroatoms. The zero-order chi connectivity index (χ0) is 24.4. The molecule has 1 unspecified atom stereocenters. The molecule has 182 valence electrons. The van der Waals surface area contributed by atoms with Crippen molar-refractivity contribution in [1.82, 2.24) is 20.2 Å². The quantitative estimate of drug-likeness (QED) is 0.604. The van der Waals surface area contributed by atoms with Gasteiger partial charge in [0.1, 0.15) is 11.5 Å². The summed E-state index contributed by atoms with van der Waals surface area (Å²) in [7, 11) is 3.19. The summed E-state index contributed by atoms with van der Waals surface area (Å²) < 4.78 is 19.2. The van der Waals surface area contributed by atoms with Crippen LogP contribution in [0.4, 0.5) is 10.1 Å². The highest BCUT2D eigenvalue weighted by molar-refractivity contribution is 5.92. The standard InChI is InChI=1S/C27H30FN5O2/c1-29-26(34)24-9-8-22(17-30-24)33-12-10-32(11-13-33)21-5-3-4-19(14-21)25-15-18-6-7-20(28)16-23(18)27(31-25)35-2/h6-9,14-17,21H,3-5,10-13H2,1-2H3,(H,29,34). The summed E-state index contributed by atoms with van der Waals surface area (Å²) in [6, 6.07) is 10.9. The Morgan fingerprint density at radius 2 is 1.97 bits per heavy atom. The van der Waals surface area contributed by atoms with Gasteiger partial charge in [0.25, 0.3) is 5.91 Å². The number of amides is 1. The highest BCUT2D eigenvalue weighted by atomic mass is 19.1. The van der Waals surface area contributed by atoms with E-state index in [0.29, 0.717) is 23.0 Å². The van der Waals surface area contributed by atoms with E-state index in [0.717, 1.165) is 62.2 Å². The van der Waals surface area contributed by atoms with Crippen LogP contribution in [0.5, 0.6) is 5.88 Å². The maximum Gasteiger partial charge on any atom is 0.269 e. The van der Waals surface area contributed by atoms with E-state index in [-0.39, 0.29) is 11.7 Å². The molecule has 1 aliphatic heterocycles. The summed E-state index contributed by atoms with van der Waals surface area (Å²) in [4.78, 5) is 25.6. The monoisotopic (exact) mass is 475 g/mol. The third-order valence-corrected chi connectivity index (χ3v) is 6.98. The molecule has 1 N–H and O–H groups in total. The Labute approximate surface area is 204 Å². The molecular formula is C27H30FN5O2. The van der Waals surface area contributed by atoms with Crippen molar-refractivity contribution < 1.29 is 13.9 Å². The Balaban J connectivity index is 1.29. The van der Waals surface area contributed by atoms with Gasteiger partial charge in [0.2, 0.25) is 5.88 Å². The number of aromatic nitrogens is 2. The van der Waals surface area contributed by atoms with Gasteiger partial charge in [0, 0.05) is 44.7 Å². The fourth-order valence-electron chi connectivity index (χ4n) is 5.06. The Kier molecular flexibility index (Phi) is 6.63. The molecule has 0 saturated carbocycles. The molecule has 3 heterocycles. The average Bonchev–Trinajstić information content (AvgIpc) is 2.92. The molecule has 0 radical (unpaired) electrons. The van der Waals surface area contributed by atoms with Gasteiger partial charge in [-0.2, -0.15) is 0 Å². The number of carbonyl (C=O) groups is 1. The van der Waals surface area contributed by atoms with Gasteiger partial charge in [-0.3, -0.25) is 9.69 Å². The summed E-state index contributed by atoms with van der Waals surface area (Å²) in [5.74, 6) is -0.00347. The van der Waals surface area contributed by atoms with Crippen LogP contribution in [0.1, 0.15) is 35.4 Å². The van der Waals surface area contributed by atoms with Crippen LogP contribution in [-0.4, -0.2) is 67.2 Å². The lowest BCUT2D eigenvalue weighted by atomic mass is 9.91. The van der Waals surface area contributed by atoms with Gasteiger partial charge in [-0.25, -0.2) is 14.4 Å². The topological polar surface area (TPSA) is 70.6 Å². The number of benzene rings is 1. The van der Waals surface area contributed by atoms with E-state index >= 15 is 0 Å². The van der Waals surface area contributed by atoms with E-state index in [9.17, 15) is 9.18 Å². The van der Waals surface area contributed by atoms with Crippen molar-refractivity contribution >= 4 is 27.9 Å². The van der Waals surface area contributed by atoms with E-state index < -0.39 is 0 Å². The van der Waals surface area contributed by atoms with Crippen molar-refractivity contribution in [3.05, 3.63) is 65.9 Å². The first-order chi connectivity index (χ1) is 17.1. The molecule has 5 rings (SSSR count). The molecule has 1 saturated heterocycles. The van der Waals surface area contributed by atoms with Crippen LogP contribution >= 0.6 is 0 Å². The Hall–Kier alpha value is -3.52. The number of ether oxygens (including phenoxy) is 1. The van der Waals surface area contributed by atoms with Gasteiger partial charge >= 0.3 is 0 Å². The zero-order valence-corrected chi connectivity index (χ0v) is 20.1. The number of pyridine rings is 2. The Morgan fingerprint density at radius 1 is 1.14 bits per heavy atom. The van der Waals surface area contributed by atoms with Gasteiger partial charge in [-0.1, -0.05) is 12.1 Å². The maximum atomic E-state index is 13.7. The predicted molar refractivity (Wildman–Crippen MR) is 135 cm³/mol. The minimum atomic E-state index is -0.292. The van der Waals surface area contributed by atoms with Crippen molar-refractivity contribution in [3.8, 4) is 5.88 Å². The third kappa shape index (κ3) is 4.84. The Morgan fingerprint density at radius 3 is 2.69 bits per heavy atom. The largest absolute Gasteiger partial charge is 0.481 e. The Bertz CT molecular complexity index is 1250. The van der Waals surface area contributed by atoms with Crippen molar-refractivity contribution in [2.24, 2.45) is 0 Å². The smallest absolute Gasteiger partial charge is 0.269 e. The lowest BCUT2D eigenvalue weighted by molar-refractivity contribution is 0.0958. The second-order valence-electron chi connectivity index (χ2n) is 9.04. The molecule has 7 nitrogen and oxygen atoms in total. The lowest BCUT2D eigenvalue weighted by Crippen LogP contribution is -2.50. The number of rotatable bonds is 5. The van der Waals surface area contributed by atoms with Crippen molar-refractivity contribution in [3.63, 3.8) is 0 Å². The molecule has 0 spiro atoms. The van der Waals surface area contributed by atoms with E-state index in [2.05, 4.69) is 26.2 Å². The number of nitrogens with one attached hydrogen (secondary N) is 1. The minimum Gasteiger partial charge on any atom is -0.481 e. The lowest BCUT2D eigenvalue weighted by Gasteiger charge is -2.40. The summed E-state index contributed by atoms with van der Waals surface area (Å²) in [6.45, 7) is 3.74. The van der Waals surface area contributed by atoms with Gasteiger partial charge in [0.05, 0.1) is 24.7 Å². The molecule has 0 bridgehead atoms. The number of fused-ring (bicyclic) bond motifs is 1. The minimum absolute atomic E-state index is 0.174. The zero-order valence-electron chi connectivity index (χ0n) is 20.1. The van der Waals surface area contributed by atoms with E-state index in [1.54, 1.807) is 32.5 Å². The molecule has 2 aliphatic rings. The highest BCUT2D eigenvalue weighted by Gasteiger charge is 2.26. The second-order valence-corrected chi connectivity index (χ2v) is 9.04. The molecule has 2 aromatic heterocycles. The van der Waals surface area contributed by atoms with Crippen molar-refractivity contribution in [2.45, 2.75) is 25.3 Å². The van der Waals surface area contributed by atoms with Crippen LogP contribution in [0.25, 0.3) is 16.3 Å². The van der Waals surface area contributed by atoms with Crippen molar-refractivity contribution in [2.75, 3.05) is 45.2 Å². The highest BCUT2D eigenvalue weighted by Crippen LogP contribution is 2.33. The first-order valence-electron chi connectivity index (χ1n) is 12.1. The fourth-order valence-corrected chi connectivity index (χ4v) is 5.06. The molecule has 35 heavy (non-hydrogen) atoms. The molecular weight excluding hydrogens is 445 g/mol. The fraction of sp³-hybridized carbons (Fsp3) is 0.370. The number of piperazine rings is 1. The summed E-state index contributed by atoms with van der Waals surface area (Å²) in [6.07, 6.45) is 7.34. The van der Waals surface area contributed by atoms with Crippen LogP contribution in [0.2, 0.25) is 0 Å². The number of halogens is 1. The molecule has 1 atom stereocenters. The van der Waals surface area contributed by atoms with Gasteiger partial charge in [0.15, 0.2) is 0 Å². The second kappa shape index (κ2) is 10.00. The normalized spacial score (nSPS) is 18.9. The first kappa shape index (κ1) is 23.2. The van der Waals surface area contributed by atoms with Crippen LogP contribution in [0.15, 0.2) is 48.7 Å². The van der Waals surface area contributed by atoms with Gasteiger partial charge in [-0.15, -0.1) is 0 Å².